The van der Waals surface area contributed by atoms with E-state index in [0.29, 0.717) is 6.54 Å². The standard InChI is InChI=1S/C14H23N3S/c15-6-5-14-17-12(9-18-14)7-16-8-13(10-1-2-10)11-3-4-11/h9-11,13,16H,1-8,15H2. The summed E-state index contributed by atoms with van der Waals surface area (Å²) in [7, 11) is 0. The van der Waals surface area contributed by atoms with Crippen molar-refractivity contribution in [3.8, 4) is 0 Å². The van der Waals surface area contributed by atoms with Gasteiger partial charge in [0.15, 0.2) is 0 Å². The van der Waals surface area contributed by atoms with Gasteiger partial charge in [0, 0.05) is 18.3 Å². The van der Waals surface area contributed by atoms with Gasteiger partial charge in [0.2, 0.25) is 0 Å². The van der Waals surface area contributed by atoms with Gasteiger partial charge in [0.05, 0.1) is 10.7 Å². The van der Waals surface area contributed by atoms with Gasteiger partial charge in [0.1, 0.15) is 0 Å². The number of rotatable bonds is 8. The van der Waals surface area contributed by atoms with E-state index in [1.807, 2.05) is 0 Å². The largest absolute Gasteiger partial charge is 0.330 e. The number of nitrogens with zero attached hydrogens (tertiary/aromatic N) is 1. The van der Waals surface area contributed by atoms with Crippen molar-refractivity contribution in [2.24, 2.45) is 23.5 Å². The molecule has 1 aromatic heterocycles. The molecule has 4 heteroatoms. The van der Waals surface area contributed by atoms with E-state index in [0.717, 1.165) is 30.7 Å². The van der Waals surface area contributed by atoms with E-state index < -0.39 is 0 Å². The Kier molecular flexibility index (Phi) is 3.97. The van der Waals surface area contributed by atoms with Gasteiger partial charge >= 0.3 is 0 Å². The van der Waals surface area contributed by atoms with E-state index in [2.05, 4.69) is 15.7 Å². The zero-order valence-corrected chi connectivity index (χ0v) is 11.7. The quantitative estimate of drug-likeness (QED) is 0.757. The number of hydrogen-bond acceptors (Lipinski definition) is 4. The van der Waals surface area contributed by atoms with Gasteiger partial charge < -0.3 is 11.1 Å². The molecule has 0 aliphatic heterocycles. The van der Waals surface area contributed by atoms with Gasteiger partial charge in [-0.1, -0.05) is 0 Å². The zero-order valence-electron chi connectivity index (χ0n) is 10.9. The summed E-state index contributed by atoms with van der Waals surface area (Å²) in [4.78, 5) is 4.59. The summed E-state index contributed by atoms with van der Waals surface area (Å²) in [5, 5.41) is 6.96. The molecule has 0 bridgehead atoms. The fourth-order valence-corrected chi connectivity index (χ4v) is 3.62. The second-order valence-corrected chi connectivity index (χ2v) is 6.68. The molecule has 100 valence electrons. The summed E-state index contributed by atoms with van der Waals surface area (Å²) in [5.41, 5.74) is 6.73. The van der Waals surface area contributed by atoms with Crippen molar-refractivity contribution in [1.82, 2.24) is 10.3 Å². The van der Waals surface area contributed by atoms with Crippen LogP contribution in [-0.2, 0) is 13.0 Å². The van der Waals surface area contributed by atoms with E-state index in [9.17, 15) is 0 Å². The first-order chi connectivity index (χ1) is 8.86. The van der Waals surface area contributed by atoms with Crippen LogP contribution in [0.2, 0.25) is 0 Å². The van der Waals surface area contributed by atoms with E-state index in [4.69, 9.17) is 5.73 Å². The lowest BCUT2D eigenvalue weighted by atomic mass is 9.98. The average molecular weight is 265 g/mol. The molecule has 0 amide bonds. The predicted octanol–water partition coefficient (Wildman–Crippen LogP) is 2.17. The molecule has 1 heterocycles. The maximum absolute atomic E-state index is 5.54. The molecule has 0 spiro atoms. The third-order valence-electron chi connectivity index (χ3n) is 4.10. The number of nitrogens with two attached hydrogens (primary N) is 1. The summed E-state index contributed by atoms with van der Waals surface area (Å²) in [6, 6.07) is 0. The van der Waals surface area contributed by atoms with Crippen molar-refractivity contribution in [3.05, 3.63) is 16.1 Å². The van der Waals surface area contributed by atoms with E-state index in [-0.39, 0.29) is 0 Å². The predicted molar refractivity (Wildman–Crippen MR) is 75.5 cm³/mol. The van der Waals surface area contributed by atoms with Crippen LogP contribution < -0.4 is 11.1 Å². The summed E-state index contributed by atoms with van der Waals surface area (Å²) in [6.07, 6.45) is 6.80. The highest BCUT2D eigenvalue weighted by Crippen LogP contribution is 2.48. The molecular formula is C14H23N3S. The maximum Gasteiger partial charge on any atom is 0.0941 e. The van der Waals surface area contributed by atoms with Crippen LogP contribution in [0.4, 0.5) is 0 Å². The summed E-state index contributed by atoms with van der Waals surface area (Å²) < 4.78 is 0. The molecule has 3 rings (SSSR count). The van der Waals surface area contributed by atoms with Crippen molar-refractivity contribution in [1.29, 1.82) is 0 Å². The highest BCUT2D eigenvalue weighted by molar-refractivity contribution is 7.09. The van der Waals surface area contributed by atoms with Crippen molar-refractivity contribution in [2.75, 3.05) is 13.1 Å². The third kappa shape index (κ3) is 3.31. The zero-order chi connectivity index (χ0) is 12.4. The lowest BCUT2D eigenvalue weighted by Gasteiger charge is -2.15. The molecule has 2 saturated carbocycles. The molecule has 18 heavy (non-hydrogen) atoms. The van der Waals surface area contributed by atoms with E-state index in [1.54, 1.807) is 11.3 Å². The third-order valence-corrected chi connectivity index (χ3v) is 5.06. The van der Waals surface area contributed by atoms with Crippen LogP contribution in [0.1, 0.15) is 36.4 Å². The average Bonchev–Trinajstić information content (AvgIpc) is 3.27. The topological polar surface area (TPSA) is 50.9 Å². The normalized spacial score (nSPS) is 19.7. The summed E-state index contributed by atoms with van der Waals surface area (Å²) in [5.74, 6) is 3.02. The molecule has 0 unspecified atom stereocenters. The first-order valence-electron chi connectivity index (χ1n) is 7.21. The van der Waals surface area contributed by atoms with Crippen LogP contribution in [0, 0.1) is 17.8 Å². The molecule has 0 atom stereocenters. The highest BCUT2D eigenvalue weighted by atomic mass is 32.1. The molecule has 2 aliphatic carbocycles. The van der Waals surface area contributed by atoms with Gasteiger partial charge in [-0.15, -0.1) is 11.3 Å². The van der Waals surface area contributed by atoms with Crippen molar-refractivity contribution < 1.29 is 0 Å². The first kappa shape index (κ1) is 12.6. The molecular weight excluding hydrogens is 242 g/mol. The van der Waals surface area contributed by atoms with Gasteiger partial charge in [-0.3, -0.25) is 0 Å². The minimum atomic E-state index is 0.700. The SMILES string of the molecule is NCCc1nc(CNCC(C2CC2)C2CC2)cs1. The maximum atomic E-state index is 5.54. The van der Waals surface area contributed by atoms with Gasteiger partial charge in [-0.2, -0.15) is 0 Å². The molecule has 0 aromatic carbocycles. The molecule has 1 aromatic rings. The van der Waals surface area contributed by atoms with Gasteiger partial charge in [-0.05, 0) is 56.5 Å². The Morgan fingerprint density at radius 1 is 1.33 bits per heavy atom. The Hall–Kier alpha value is -0.450. The minimum Gasteiger partial charge on any atom is -0.330 e. The van der Waals surface area contributed by atoms with Crippen molar-refractivity contribution >= 4 is 11.3 Å². The molecule has 2 fully saturated rings. The molecule has 0 radical (unpaired) electrons. The van der Waals surface area contributed by atoms with E-state index in [1.165, 1.54) is 42.9 Å². The monoisotopic (exact) mass is 265 g/mol. The number of thiazole rings is 1. The molecule has 0 saturated heterocycles. The van der Waals surface area contributed by atoms with Crippen molar-refractivity contribution in [3.63, 3.8) is 0 Å². The Labute approximate surface area is 113 Å². The summed E-state index contributed by atoms with van der Waals surface area (Å²) in [6.45, 7) is 2.82. The second-order valence-electron chi connectivity index (χ2n) is 5.74. The van der Waals surface area contributed by atoms with E-state index >= 15 is 0 Å². The summed E-state index contributed by atoms with van der Waals surface area (Å²) >= 11 is 1.74. The Bertz CT molecular complexity index is 370. The minimum absolute atomic E-state index is 0.700. The van der Waals surface area contributed by atoms with Crippen LogP contribution in [0.3, 0.4) is 0 Å². The van der Waals surface area contributed by atoms with Crippen LogP contribution in [0.25, 0.3) is 0 Å². The fraction of sp³-hybridized carbons (Fsp3) is 0.786. The lowest BCUT2D eigenvalue weighted by Crippen LogP contribution is -2.25. The Morgan fingerprint density at radius 3 is 2.67 bits per heavy atom. The first-order valence-corrected chi connectivity index (χ1v) is 8.09. The Morgan fingerprint density at radius 2 is 2.06 bits per heavy atom. The van der Waals surface area contributed by atoms with Crippen LogP contribution in [-0.4, -0.2) is 18.1 Å². The lowest BCUT2D eigenvalue weighted by molar-refractivity contribution is 0.378. The van der Waals surface area contributed by atoms with Crippen LogP contribution in [0.5, 0.6) is 0 Å². The molecule has 2 aliphatic rings. The van der Waals surface area contributed by atoms with Crippen LogP contribution in [0.15, 0.2) is 5.38 Å². The molecule has 3 nitrogen and oxygen atoms in total. The fourth-order valence-electron chi connectivity index (χ4n) is 2.80. The number of nitrogens with one attached hydrogen (secondary N) is 1. The number of hydrogen-bond donors (Lipinski definition) is 2. The van der Waals surface area contributed by atoms with Gasteiger partial charge in [0.25, 0.3) is 0 Å². The Balaban J connectivity index is 1.42. The molecule has 3 N–H and O–H groups in total. The number of aromatic nitrogens is 1. The highest BCUT2D eigenvalue weighted by Gasteiger charge is 2.40. The van der Waals surface area contributed by atoms with Crippen molar-refractivity contribution in [2.45, 2.75) is 38.6 Å². The van der Waals surface area contributed by atoms with Crippen LogP contribution >= 0.6 is 11.3 Å². The second kappa shape index (κ2) is 5.68. The van der Waals surface area contributed by atoms with Gasteiger partial charge in [-0.25, -0.2) is 4.98 Å². The smallest absolute Gasteiger partial charge is 0.0941 e.